The van der Waals surface area contributed by atoms with E-state index in [1.807, 2.05) is 24.3 Å². The highest BCUT2D eigenvalue weighted by Crippen LogP contribution is 2.45. The molecule has 2 aromatic heterocycles. The molecule has 0 spiro atoms. The van der Waals surface area contributed by atoms with Crippen molar-refractivity contribution in [3.05, 3.63) is 76.0 Å². The van der Waals surface area contributed by atoms with E-state index in [1.54, 1.807) is 11.7 Å². The van der Waals surface area contributed by atoms with Crippen molar-refractivity contribution < 1.29 is 9.13 Å². The van der Waals surface area contributed by atoms with Crippen LogP contribution in [0.25, 0.3) is 10.8 Å². The average molecular weight is 421 g/mol. The molecule has 1 aliphatic heterocycles. The summed E-state index contributed by atoms with van der Waals surface area (Å²) in [6, 6.07) is 9.85. The lowest BCUT2D eigenvalue weighted by Crippen LogP contribution is -2.30. The van der Waals surface area contributed by atoms with Crippen molar-refractivity contribution in [1.82, 2.24) is 25.0 Å². The van der Waals surface area contributed by atoms with Gasteiger partial charge in [0.25, 0.3) is 5.56 Å². The predicted molar refractivity (Wildman–Crippen MR) is 113 cm³/mol. The number of hydrogen-bond donors (Lipinski definition) is 3. The number of anilines is 1. The van der Waals surface area contributed by atoms with Crippen LogP contribution >= 0.6 is 0 Å². The molecule has 3 heterocycles. The third-order valence-electron chi connectivity index (χ3n) is 5.47. The normalized spacial score (nSPS) is 17.5. The smallest absolute Gasteiger partial charge is 0.272 e. The monoisotopic (exact) mass is 421 g/mol. The number of halogens is 1. The number of nitrogens with zero attached hydrogens (tertiary/aromatic N) is 4. The summed E-state index contributed by atoms with van der Waals surface area (Å²) in [7, 11) is 1.80. The standard InChI is InChI=1S/C21H20FN7O2/c1-29-20(24-10-25-29)17-18(11-2-4-13(5-3-11)31-7-6-23)26-15-9-12(22)8-14-16(15)19(17)27-28-21(14)30/h2-5,8-10,17-18,26H,6-7,23H2,1H3,(H,28,30)/t17-,18-/m1/s1. The molecular weight excluding hydrogens is 401 g/mol. The Labute approximate surface area is 176 Å². The number of H-pyrrole nitrogens is 1. The van der Waals surface area contributed by atoms with E-state index in [1.165, 1.54) is 18.5 Å². The van der Waals surface area contributed by atoms with Crippen LogP contribution in [0.3, 0.4) is 0 Å². The zero-order valence-electron chi connectivity index (χ0n) is 16.7. The molecule has 0 bridgehead atoms. The molecule has 0 saturated carbocycles. The number of nitrogens with two attached hydrogens (primary N) is 1. The number of aromatic nitrogens is 5. The second kappa shape index (κ2) is 7.47. The summed E-state index contributed by atoms with van der Waals surface area (Å²) in [6.45, 7) is 0.852. The second-order valence-electron chi connectivity index (χ2n) is 7.36. The first-order valence-electron chi connectivity index (χ1n) is 9.82. The molecule has 4 N–H and O–H groups in total. The molecule has 158 valence electrons. The maximum absolute atomic E-state index is 14.3. The highest BCUT2D eigenvalue weighted by atomic mass is 19.1. The van der Waals surface area contributed by atoms with Gasteiger partial charge in [0.15, 0.2) is 0 Å². The fourth-order valence-electron chi connectivity index (χ4n) is 4.12. The highest BCUT2D eigenvalue weighted by Gasteiger charge is 2.37. The summed E-state index contributed by atoms with van der Waals surface area (Å²) in [6.07, 6.45) is 1.47. The zero-order valence-corrected chi connectivity index (χ0v) is 16.7. The molecule has 4 aromatic rings. The Morgan fingerprint density at radius 1 is 1.26 bits per heavy atom. The van der Waals surface area contributed by atoms with Crippen LogP contribution in [-0.2, 0) is 7.05 Å². The van der Waals surface area contributed by atoms with Gasteiger partial charge in [-0.1, -0.05) is 12.1 Å². The average Bonchev–Trinajstić information content (AvgIpc) is 3.19. The number of nitrogens with one attached hydrogen (secondary N) is 2. The summed E-state index contributed by atoms with van der Waals surface area (Å²) in [5.41, 5.74) is 7.09. The van der Waals surface area contributed by atoms with Gasteiger partial charge in [-0.25, -0.2) is 14.5 Å². The van der Waals surface area contributed by atoms with E-state index in [2.05, 4.69) is 25.6 Å². The third kappa shape index (κ3) is 3.21. The lowest BCUT2D eigenvalue weighted by molar-refractivity contribution is 0.328. The van der Waals surface area contributed by atoms with Crippen molar-refractivity contribution >= 4 is 16.5 Å². The summed E-state index contributed by atoms with van der Waals surface area (Å²) < 4.78 is 21.5. The van der Waals surface area contributed by atoms with E-state index in [0.717, 1.165) is 5.56 Å². The van der Waals surface area contributed by atoms with Crippen LogP contribution < -0.4 is 21.3 Å². The van der Waals surface area contributed by atoms with Gasteiger partial charge < -0.3 is 15.8 Å². The summed E-state index contributed by atoms with van der Waals surface area (Å²) in [4.78, 5) is 16.8. The predicted octanol–water partition coefficient (Wildman–Crippen LogP) is 1.83. The van der Waals surface area contributed by atoms with Gasteiger partial charge >= 0.3 is 0 Å². The Bertz CT molecular complexity index is 1320. The fraction of sp³-hybridized carbons (Fsp3) is 0.238. The fourth-order valence-corrected chi connectivity index (χ4v) is 4.12. The highest BCUT2D eigenvalue weighted by molar-refractivity contribution is 5.97. The van der Waals surface area contributed by atoms with Crippen molar-refractivity contribution in [1.29, 1.82) is 0 Å². The molecule has 0 aliphatic carbocycles. The van der Waals surface area contributed by atoms with Crippen molar-refractivity contribution in [3.8, 4) is 5.75 Å². The van der Waals surface area contributed by atoms with Crippen LogP contribution in [0.4, 0.5) is 10.1 Å². The van der Waals surface area contributed by atoms with Crippen LogP contribution in [0.5, 0.6) is 5.75 Å². The first-order valence-corrected chi connectivity index (χ1v) is 9.82. The number of rotatable bonds is 5. The van der Waals surface area contributed by atoms with E-state index in [0.29, 0.717) is 41.5 Å². The Morgan fingerprint density at radius 3 is 2.77 bits per heavy atom. The molecule has 0 amide bonds. The molecule has 0 fully saturated rings. The molecule has 2 atom stereocenters. The van der Waals surface area contributed by atoms with Crippen LogP contribution in [0.1, 0.15) is 29.0 Å². The minimum absolute atomic E-state index is 0.239. The molecular formula is C21H20FN7O2. The number of aryl methyl sites for hydroxylation is 1. The van der Waals surface area contributed by atoms with E-state index in [-0.39, 0.29) is 17.3 Å². The topological polar surface area (TPSA) is 124 Å². The number of ether oxygens (including phenoxy) is 1. The minimum atomic E-state index is -0.501. The molecule has 0 unspecified atom stereocenters. The SMILES string of the molecule is Cn1ncnc1[C@H]1c2n[nH]c(=O)c3cc(F)cc(c23)N[C@@H]1c1ccc(OCCN)cc1. The Hall–Kier alpha value is -3.79. The molecule has 5 rings (SSSR count). The van der Waals surface area contributed by atoms with Crippen molar-refractivity contribution in [2.24, 2.45) is 12.8 Å². The van der Waals surface area contributed by atoms with Crippen molar-refractivity contribution in [2.45, 2.75) is 12.0 Å². The van der Waals surface area contributed by atoms with Crippen molar-refractivity contribution in [2.75, 3.05) is 18.5 Å². The van der Waals surface area contributed by atoms with E-state index in [9.17, 15) is 9.18 Å². The van der Waals surface area contributed by atoms with Gasteiger partial charge in [0.2, 0.25) is 0 Å². The number of aromatic amines is 1. The molecule has 1 aliphatic rings. The summed E-state index contributed by atoms with van der Waals surface area (Å²) in [5, 5.41) is 15.3. The first-order chi connectivity index (χ1) is 15.1. The lowest BCUT2D eigenvalue weighted by Gasteiger charge is -2.33. The van der Waals surface area contributed by atoms with Crippen LogP contribution in [-0.4, -0.2) is 38.1 Å². The molecule has 2 aromatic carbocycles. The molecule has 9 nitrogen and oxygen atoms in total. The summed E-state index contributed by atoms with van der Waals surface area (Å²) >= 11 is 0. The van der Waals surface area contributed by atoms with Gasteiger partial charge in [-0.3, -0.25) is 9.48 Å². The van der Waals surface area contributed by atoms with Gasteiger partial charge in [0, 0.05) is 24.7 Å². The minimum Gasteiger partial charge on any atom is -0.492 e. The Kier molecular flexibility index (Phi) is 4.63. The van der Waals surface area contributed by atoms with E-state index < -0.39 is 11.4 Å². The Morgan fingerprint density at radius 2 is 2.06 bits per heavy atom. The van der Waals surface area contributed by atoms with Gasteiger partial charge in [0.1, 0.15) is 30.3 Å². The van der Waals surface area contributed by atoms with Gasteiger partial charge in [-0.05, 0) is 29.8 Å². The largest absolute Gasteiger partial charge is 0.492 e. The lowest BCUT2D eigenvalue weighted by atomic mass is 9.83. The molecule has 0 radical (unpaired) electrons. The second-order valence-corrected chi connectivity index (χ2v) is 7.36. The maximum Gasteiger partial charge on any atom is 0.272 e. The zero-order chi connectivity index (χ0) is 21.5. The van der Waals surface area contributed by atoms with Gasteiger partial charge in [0.05, 0.1) is 23.0 Å². The van der Waals surface area contributed by atoms with E-state index in [4.69, 9.17) is 10.5 Å². The molecule has 0 saturated heterocycles. The van der Waals surface area contributed by atoms with Crippen LogP contribution in [0, 0.1) is 5.82 Å². The van der Waals surface area contributed by atoms with E-state index >= 15 is 0 Å². The van der Waals surface area contributed by atoms with Gasteiger partial charge in [-0.15, -0.1) is 0 Å². The Balaban J connectivity index is 1.69. The summed E-state index contributed by atoms with van der Waals surface area (Å²) in [5.74, 6) is 0.493. The van der Waals surface area contributed by atoms with Crippen molar-refractivity contribution in [3.63, 3.8) is 0 Å². The number of hydrogen-bond acceptors (Lipinski definition) is 7. The molecule has 31 heavy (non-hydrogen) atoms. The quantitative estimate of drug-likeness (QED) is 0.449. The maximum atomic E-state index is 14.3. The number of benzene rings is 2. The molecule has 10 heteroatoms. The third-order valence-corrected chi connectivity index (χ3v) is 5.47. The van der Waals surface area contributed by atoms with Crippen LogP contribution in [0.15, 0.2) is 47.5 Å². The van der Waals surface area contributed by atoms with Crippen LogP contribution in [0.2, 0.25) is 0 Å². The first kappa shape index (κ1) is 19.2. The van der Waals surface area contributed by atoms with Gasteiger partial charge in [-0.2, -0.15) is 10.2 Å².